The Kier molecular flexibility index (Phi) is 5.34. The molecule has 0 radical (unpaired) electrons. The standard InChI is InChI=1S/C17H21F2NO3/c1-11(4-7-15(21)22)20-16(23)17(8-2-3-9-17)13-6-5-12(18)10-14(13)19/h5-6,10-11H,2-4,7-9H2,1H3,(H,20,23)(H,21,22). The van der Waals surface area contributed by atoms with E-state index in [-0.39, 0.29) is 23.9 Å². The molecular formula is C17H21F2NO3. The molecule has 1 aromatic rings. The SMILES string of the molecule is CC(CCC(=O)O)NC(=O)C1(c2ccc(F)cc2F)CCCC1. The largest absolute Gasteiger partial charge is 0.481 e. The first-order chi connectivity index (χ1) is 10.8. The van der Waals surface area contributed by atoms with Crippen LogP contribution < -0.4 is 5.32 Å². The van der Waals surface area contributed by atoms with Crippen molar-refractivity contribution < 1.29 is 23.5 Å². The van der Waals surface area contributed by atoms with Crippen LogP contribution in [0, 0.1) is 11.6 Å². The molecule has 2 rings (SSSR count). The quantitative estimate of drug-likeness (QED) is 0.844. The Balaban J connectivity index is 2.20. The molecule has 1 atom stereocenters. The number of halogens is 2. The lowest BCUT2D eigenvalue weighted by molar-refractivity contribution is -0.137. The van der Waals surface area contributed by atoms with E-state index < -0.39 is 23.0 Å². The summed E-state index contributed by atoms with van der Waals surface area (Å²) in [4.78, 5) is 23.4. The van der Waals surface area contributed by atoms with Crippen molar-refractivity contribution in [3.05, 3.63) is 35.4 Å². The highest BCUT2D eigenvalue weighted by Crippen LogP contribution is 2.42. The van der Waals surface area contributed by atoms with Gasteiger partial charge >= 0.3 is 5.97 Å². The summed E-state index contributed by atoms with van der Waals surface area (Å²) in [5, 5.41) is 11.5. The summed E-state index contributed by atoms with van der Waals surface area (Å²) in [6, 6.07) is 2.99. The van der Waals surface area contributed by atoms with Gasteiger partial charge in [0.1, 0.15) is 11.6 Å². The first-order valence-electron chi connectivity index (χ1n) is 7.83. The molecule has 1 unspecified atom stereocenters. The van der Waals surface area contributed by atoms with Crippen LogP contribution >= 0.6 is 0 Å². The molecule has 126 valence electrons. The average molecular weight is 325 g/mol. The van der Waals surface area contributed by atoms with Crippen LogP contribution in [0.2, 0.25) is 0 Å². The van der Waals surface area contributed by atoms with Gasteiger partial charge in [-0.3, -0.25) is 9.59 Å². The zero-order chi connectivity index (χ0) is 17.0. The number of benzene rings is 1. The lowest BCUT2D eigenvalue weighted by Gasteiger charge is -2.30. The highest BCUT2D eigenvalue weighted by molar-refractivity contribution is 5.89. The Morgan fingerprint density at radius 2 is 1.96 bits per heavy atom. The summed E-state index contributed by atoms with van der Waals surface area (Å²) in [7, 11) is 0. The molecule has 1 aliphatic carbocycles. The Morgan fingerprint density at radius 3 is 2.52 bits per heavy atom. The summed E-state index contributed by atoms with van der Waals surface area (Å²) in [6.07, 6.45) is 2.88. The molecule has 1 saturated carbocycles. The summed E-state index contributed by atoms with van der Waals surface area (Å²) in [5.74, 6) is -2.61. The van der Waals surface area contributed by atoms with Crippen LogP contribution in [-0.2, 0) is 15.0 Å². The van der Waals surface area contributed by atoms with Crippen LogP contribution in [0.1, 0.15) is 51.0 Å². The van der Waals surface area contributed by atoms with Crippen molar-refractivity contribution in [2.45, 2.75) is 56.9 Å². The highest BCUT2D eigenvalue weighted by atomic mass is 19.1. The van der Waals surface area contributed by atoms with Gasteiger partial charge in [0.2, 0.25) is 5.91 Å². The normalized spacial score (nSPS) is 17.7. The number of aliphatic carboxylic acids is 1. The maximum absolute atomic E-state index is 14.2. The Labute approximate surface area is 133 Å². The minimum atomic E-state index is -0.991. The molecule has 1 amide bonds. The number of carbonyl (C=O) groups is 2. The molecule has 1 aliphatic rings. The third-order valence-corrected chi connectivity index (χ3v) is 4.51. The van der Waals surface area contributed by atoms with Crippen LogP contribution in [0.5, 0.6) is 0 Å². The van der Waals surface area contributed by atoms with Gasteiger partial charge in [-0.2, -0.15) is 0 Å². The van der Waals surface area contributed by atoms with E-state index in [0.717, 1.165) is 18.9 Å². The number of amides is 1. The molecule has 2 N–H and O–H groups in total. The number of carboxylic acids is 1. The topological polar surface area (TPSA) is 66.4 Å². The molecular weight excluding hydrogens is 304 g/mol. The first kappa shape index (κ1) is 17.4. The lowest BCUT2D eigenvalue weighted by atomic mass is 9.77. The maximum atomic E-state index is 14.2. The second kappa shape index (κ2) is 7.06. The predicted molar refractivity (Wildman–Crippen MR) is 81.0 cm³/mol. The number of rotatable bonds is 6. The second-order valence-electron chi connectivity index (χ2n) is 6.22. The van der Waals surface area contributed by atoms with E-state index in [1.54, 1.807) is 6.92 Å². The van der Waals surface area contributed by atoms with Crippen molar-refractivity contribution in [1.29, 1.82) is 0 Å². The molecule has 0 saturated heterocycles. The fraction of sp³-hybridized carbons (Fsp3) is 0.529. The third-order valence-electron chi connectivity index (χ3n) is 4.51. The van der Waals surface area contributed by atoms with Crippen LogP contribution in [0.25, 0.3) is 0 Å². The fourth-order valence-electron chi connectivity index (χ4n) is 3.25. The molecule has 0 heterocycles. The maximum Gasteiger partial charge on any atom is 0.303 e. The zero-order valence-corrected chi connectivity index (χ0v) is 13.1. The minimum Gasteiger partial charge on any atom is -0.481 e. The summed E-state index contributed by atoms with van der Waals surface area (Å²) < 4.78 is 27.4. The van der Waals surface area contributed by atoms with E-state index in [2.05, 4.69) is 5.32 Å². The zero-order valence-electron chi connectivity index (χ0n) is 13.1. The molecule has 1 aromatic carbocycles. The molecule has 1 fully saturated rings. The van der Waals surface area contributed by atoms with E-state index in [4.69, 9.17) is 5.11 Å². The van der Waals surface area contributed by atoms with Gasteiger partial charge < -0.3 is 10.4 Å². The van der Waals surface area contributed by atoms with Gasteiger partial charge in [-0.15, -0.1) is 0 Å². The summed E-state index contributed by atoms with van der Waals surface area (Å²) in [6.45, 7) is 1.73. The van der Waals surface area contributed by atoms with Gasteiger partial charge in [-0.25, -0.2) is 8.78 Å². The van der Waals surface area contributed by atoms with Crippen LogP contribution in [0.15, 0.2) is 18.2 Å². The van der Waals surface area contributed by atoms with Crippen molar-refractivity contribution >= 4 is 11.9 Å². The van der Waals surface area contributed by atoms with E-state index in [9.17, 15) is 18.4 Å². The number of carbonyl (C=O) groups excluding carboxylic acids is 1. The predicted octanol–water partition coefficient (Wildman–Crippen LogP) is 3.15. The smallest absolute Gasteiger partial charge is 0.303 e. The minimum absolute atomic E-state index is 0.0423. The van der Waals surface area contributed by atoms with Gasteiger partial charge in [0.25, 0.3) is 0 Å². The monoisotopic (exact) mass is 325 g/mol. The Bertz CT molecular complexity index is 598. The molecule has 0 aromatic heterocycles. The number of carboxylic acid groups (broad SMARTS) is 1. The summed E-state index contributed by atoms with van der Waals surface area (Å²) >= 11 is 0. The van der Waals surface area contributed by atoms with Crippen molar-refractivity contribution in [2.24, 2.45) is 0 Å². The molecule has 0 bridgehead atoms. The van der Waals surface area contributed by atoms with Crippen molar-refractivity contribution in [1.82, 2.24) is 5.32 Å². The molecule has 0 aliphatic heterocycles. The number of hydrogen-bond acceptors (Lipinski definition) is 2. The van der Waals surface area contributed by atoms with E-state index >= 15 is 0 Å². The van der Waals surface area contributed by atoms with E-state index in [1.807, 2.05) is 0 Å². The van der Waals surface area contributed by atoms with Crippen LogP contribution in [0.3, 0.4) is 0 Å². The third kappa shape index (κ3) is 3.86. The number of hydrogen-bond donors (Lipinski definition) is 2. The van der Waals surface area contributed by atoms with Gasteiger partial charge in [-0.05, 0) is 32.3 Å². The van der Waals surface area contributed by atoms with Crippen molar-refractivity contribution in [2.75, 3.05) is 0 Å². The van der Waals surface area contributed by atoms with Gasteiger partial charge in [0, 0.05) is 24.1 Å². The summed E-state index contributed by atoms with van der Waals surface area (Å²) in [5.41, 5.74) is -0.769. The Morgan fingerprint density at radius 1 is 1.30 bits per heavy atom. The van der Waals surface area contributed by atoms with Gasteiger partial charge in [-0.1, -0.05) is 18.9 Å². The lowest BCUT2D eigenvalue weighted by Crippen LogP contribution is -2.46. The van der Waals surface area contributed by atoms with Crippen LogP contribution in [0.4, 0.5) is 8.78 Å². The van der Waals surface area contributed by atoms with Crippen molar-refractivity contribution in [3.63, 3.8) is 0 Å². The fourth-order valence-corrected chi connectivity index (χ4v) is 3.25. The molecule has 23 heavy (non-hydrogen) atoms. The second-order valence-corrected chi connectivity index (χ2v) is 6.22. The van der Waals surface area contributed by atoms with E-state index in [0.29, 0.717) is 19.3 Å². The van der Waals surface area contributed by atoms with Crippen molar-refractivity contribution in [3.8, 4) is 0 Å². The number of nitrogens with one attached hydrogen (secondary N) is 1. The van der Waals surface area contributed by atoms with E-state index in [1.165, 1.54) is 12.1 Å². The van der Waals surface area contributed by atoms with Crippen LogP contribution in [-0.4, -0.2) is 23.0 Å². The molecule has 6 heteroatoms. The Hall–Kier alpha value is -1.98. The van der Waals surface area contributed by atoms with Gasteiger partial charge in [0.15, 0.2) is 0 Å². The van der Waals surface area contributed by atoms with Gasteiger partial charge in [0.05, 0.1) is 5.41 Å². The average Bonchev–Trinajstić information content (AvgIpc) is 2.95. The molecule has 4 nitrogen and oxygen atoms in total. The highest BCUT2D eigenvalue weighted by Gasteiger charge is 2.44. The first-order valence-corrected chi connectivity index (χ1v) is 7.83. The molecule has 0 spiro atoms.